The van der Waals surface area contributed by atoms with Crippen LogP contribution in [0.2, 0.25) is 0 Å². The lowest BCUT2D eigenvalue weighted by atomic mass is 10.2. The molecule has 0 saturated carbocycles. The Balaban J connectivity index is 2.03. The zero-order valence-electron chi connectivity index (χ0n) is 11.5. The van der Waals surface area contributed by atoms with E-state index in [1.54, 1.807) is 0 Å². The molecule has 1 fully saturated rings. The van der Waals surface area contributed by atoms with Crippen LogP contribution in [0.25, 0.3) is 0 Å². The molecule has 5 heteroatoms. The van der Waals surface area contributed by atoms with Crippen LogP contribution in [-0.4, -0.2) is 50.2 Å². The van der Waals surface area contributed by atoms with E-state index in [2.05, 4.69) is 0 Å². The zero-order valence-corrected chi connectivity index (χ0v) is 11.5. The van der Waals surface area contributed by atoms with Crippen molar-refractivity contribution in [3.8, 4) is 0 Å². The molecule has 19 heavy (non-hydrogen) atoms. The summed E-state index contributed by atoms with van der Waals surface area (Å²) in [5.74, 6) is 0.141. The fourth-order valence-electron chi connectivity index (χ4n) is 2.15. The van der Waals surface area contributed by atoms with Crippen molar-refractivity contribution in [2.75, 3.05) is 44.0 Å². The zero-order chi connectivity index (χ0) is 13.8. The lowest BCUT2D eigenvalue weighted by Crippen LogP contribution is -2.49. The van der Waals surface area contributed by atoms with Gasteiger partial charge in [0.2, 0.25) is 5.91 Å². The second kappa shape index (κ2) is 5.93. The highest BCUT2D eigenvalue weighted by molar-refractivity contribution is 5.85. The van der Waals surface area contributed by atoms with E-state index >= 15 is 0 Å². The molecule has 0 aliphatic carbocycles. The van der Waals surface area contributed by atoms with Crippen molar-refractivity contribution in [1.29, 1.82) is 0 Å². The molecule has 1 atom stereocenters. The number of amides is 1. The van der Waals surface area contributed by atoms with Crippen molar-refractivity contribution in [3.05, 3.63) is 24.3 Å². The van der Waals surface area contributed by atoms with Gasteiger partial charge in [0, 0.05) is 31.5 Å². The molecule has 1 aromatic carbocycles. The summed E-state index contributed by atoms with van der Waals surface area (Å²) in [5, 5.41) is 0. The van der Waals surface area contributed by atoms with Crippen LogP contribution in [0.15, 0.2) is 24.3 Å². The molecule has 0 spiro atoms. The van der Waals surface area contributed by atoms with Gasteiger partial charge in [-0.2, -0.15) is 0 Å². The summed E-state index contributed by atoms with van der Waals surface area (Å²) in [7, 11) is 1.93. The Hall–Kier alpha value is -1.75. The molecule has 0 aromatic heterocycles. The second-order valence-electron chi connectivity index (χ2n) is 4.82. The number of benzene rings is 1. The topological polar surface area (TPSA) is 58.8 Å². The smallest absolute Gasteiger partial charge is 0.245 e. The molecule has 2 rings (SSSR count). The molecular weight excluding hydrogens is 242 g/mol. The van der Waals surface area contributed by atoms with Crippen molar-refractivity contribution in [2.24, 2.45) is 0 Å². The Labute approximate surface area is 113 Å². The van der Waals surface area contributed by atoms with E-state index in [0.29, 0.717) is 26.3 Å². The highest BCUT2D eigenvalue weighted by Gasteiger charge is 2.25. The number of likely N-dealkylation sites (N-methyl/N-ethyl adjacent to an activating group) is 1. The minimum atomic E-state index is -0.193. The summed E-state index contributed by atoms with van der Waals surface area (Å²) in [6, 6.07) is 7.36. The molecule has 1 amide bonds. The standard InChI is InChI=1S/C14H21N3O2/c1-11(14(18)17-7-9-19-10-8-17)16(2)13-5-3-12(15)4-6-13/h3-6,11H,7-10,15H2,1-2H3. The predicted molar refractivity (Wildman–Crippen MR) is 76.1 cm³/mol. The van der Waals surface area contributed by atoms with E-state index in [-0.39, 0.29) is 11.9 Å². The number of ether oxygens (including phenoxy) is 1. The monoisotopic (exact) mass is 263 g/mol. The predicted octanol–water partition coefficient (Wildman–Crippen LogP) is 0.952. The number of hydrogen-bond donors (Lipinski definition) is 1. The molecule has 1 aliphatic rings. The quantitative estimate of drug-likeness (QED) is 0.825. The Morgan fingerprint density at radius 3 is 2.47 bits per heavy atom. The van der Waals surface area contributed by atoms with Crippen LogP contribution < -0.4 is 10.6 Å². The van der Waals surface area contributed by atoms with Gasteiger partial charge < -0.3 is 20.3 Å². The van der Waals surface area contributed by atoms with Gasteiger partial charge in [0.05, 0.1) is 13.2 Å². The molecule has 1 saturated heterocycles. The van der Waals surface area contributed by atoms with Crippen LogP contribution in [0.5, 0.6) is 0 Å². The first-order valence-electron chi connectivity index (χ1n) is 6.54. The Morgan fingerprint density at radius 2 is 1.89 bits per heavy atom. The minimum Gasteiger partial charge on any atom is -0.399 e. The third-order valence-electron chi connectivity index (χ3n) is 3.56. The van der Waals surface area contributed by atoms with Crippen molar-refractivity contribution < 1.29 is 9.53 Å². The first-order valence-corrected chi connectivity index (χ1v) is 6.54. The highest BCUT2D eigenvalue weighted by Crippen LogP contribution is 2.18. The molecule has 2 N–H and O–H groups in total. The summed E-state index contributed by atoms with van der Waals surface area (Å²) in [6.07, 6.45) is 0. The Morgan fingerprint density at radius 1 is 1.32 bits per heavy atom. The summed E-state index contributed by atoms with van der Waals surface area (Å²) >= 11 is 0. The molecule has 1 aliphatic heterocycles. The van der Waals surface area contributed by atoms with Crippen LogP contribution in [0.3, 0.4) is 0 Å². The number of carbonyl (C=O) groups is 1. The maximum absolute atomic E-state index is 12.4. The number of anilines is 2. The molecule has 0 radical (unpaired) electrons. The van der Waals surface area contributed by atoms with E-state index < -0.39 is 0 Å². The number of rotatable bonds is 3. The normalized spacial score (nSPS) is 17.1. The van der Waals surface area contributed by atoms with E-state index in [1.165, 1.54) is 0 Å². The van der Waals surface area contributed by atoms with Gasteiger partial charge in [-0.05, 0) is 31.2 Å². The molecule has 1 heterocycles. The van der Waals surface area contributed by atoms with Gasteiger partial charge in [-0.15, -0.1) is 0 Å². The van der Waals surface area contributed by atoms with E-state index in [4.69, 9.17) is 10.5 Å². The SMILES string of the molecule is CC(C(=O)N1CCOCC1)N(C)c1ccc(N)cc1. The first kappa shape index (κ1) is 13.7. The largest absolute Gasteiger partial charge is 0.399 e. The van der Waals surface area contributed by atoms with E-state index in [9.17, 15) is 4.79 Å². The minimum absolute atomic E-state index is 0.141. The van der Waals surface area contributed by atoms with Crippen molar-refractivity contribution in [3.63, 3.8) is 0 Å². The van der Waals surface area contributed by atoms with Crippen molar-refractivity contribution in [2.45, 2.75) is 13.0 Å². The number of nitrogen functional groups attached to an aromatic ring is 1. The van der Waals surface area contributed by atoms with Crippen LogP contribution >= 0.6 is 0 Å². The van der Waals surface area contributed by atoms with Gasteiger partial charge in [-0.25, -0.2) is 0 Å². The van der Waals surface area contributed by atoms with Gasteiger partial charge in [-0.1, -0.05) is 0 Å². The Bertz CT molecular complexity index is 427. The summed E-state index contributed by atoms with van der Waals surface area (Å²) < 4.78 is 5.27. The van der Waals surface area contributed by atoms with Gasteiger partial charge in [0.15, 0.2) is 0 Å². The molecule has 1 unspecified atom stereocenters. The third-order valence-corrected chi connectivity index (χ3v) is 3.56. The molecule has 0 bridgehead atoms. The lowest BCUT2D eigenvalue weighted by molar-refractivity contribution is -0.136. The Kier molecular flexibility index (Phi) is 4.27. The molecule has 104 valence electrons. The van der Waals surface area contributed by atoms with E-state index in [0.717, 1.165) is 11.4 Å². The van der Waals surface area contributed by atoms with Crippen LogP contribution in [0, 0.1) is 0 Å². The van der Waals surface area contributed by atoms with Gasteiger partial charge in [0.1, 0.15) is 6.04 Å². The third kappa shape index (κ3) is 3.17. The fourth-order valence-corrected chi connectivity index (χ4v) is 2.15. The molecular formula is C14H21N3O2. The summed E-state index contributed by atoms with van der Waals surface area (Å²) in [4.78, 5) is 16.2. The summed E-state index contributed by atoms with van der Waals surface area (Å²) in [6.45, 7) is 4.54. The summed E-state index contributed by atoms with van der Waals surface area (Å²) in [5.41, 5.74) is 7.39. The number of morpholine rings is 1. The van der Waals surface area contributed by atoms with Gasteiger partial charge in [0.25, 0.3) is 0 Å². The number of nitrogens with zero attached hydrogens (tertiary/aromatic N) is 2. The number of nitrogens with two attached hydrogens (primary N) is 1. The molecule has 1 aromatic rings. The fraction of sp³-hybridized carbons (Fsp3) is 0.500. The average molecular weight is 263 g/mol. The van der Waals surface area contributed by atoms with Crippen molar-refractivity contribution in [1.82, 2.24) is 4.90 Å². The highest BCUT2D eigenvalue weighted by atomic mass is 16.5. The van der Waals surface area contributed by atoms with Crippen molar-refractivity contribution >= 4 is 17.3 Å². The number of carbonyl (C=O) groups excluding carboxylic acids is 1. The number of hydrogen-bond acceptors (Lipinski definition) is 4. The van der Waals surface area contributed by atoms with E-state index in [1.807, 2.05) is 48.0 Å². The van der Waals surface area contributed by atoms with Crippen LogP contribution in [0.1, 0.15) is 6.92 Å². The second-order valence-corrected chi connectivity index (χ2v) is 4.82. The maximum Gasteiger partial charge on any atom is 0.245 e. The van der Waals surface area contributed by atoms with Crippen LogP contribution in [0.4, 0.5) is 11.4 Å². The first-order chi connectivity index (χ1) is 9.09. The van der Waals surface area contributed by atoms with Gasteiger partial charge in [-0.3, -0.25) is 4.79 Å². The van der Waals surface area contributed by atoms with Gasteiger partial charge >= 0.3 is 0 Å². The lowest BCUT2D eigenvalue weighted by Gasteiger charge is -2.33. The average Bonchev–Trinajstić information content (AvgIpc) is 2.46. The van der Waals surface area contributed by atoms with Crippen LogP contribution in [-0.2, 0) is 9.53 Å². The maximum atomic E-state index is 12.4. The molecule has 5 nitrogen and oxygen atoms in total.